The predicted octanol–water partition coefficient (Wildman–Crippen LogP) is 2.94. The fraction of sp³-hybridized carbons (Fsp3) is 0.577. The average Bonchev–Trinajstić information content (AvgIpc) is 2.80. The van der Waals surface area contributed by atoms with Crippen LogP contribution in [0, 0.1) is 13.8 Å². The molecular weight excluding hydrogens is 446 g/mol. The van der Waals surface area contributed by atoms with E-state index in [0.717, 1.165) is 16.7 Å². The second kappa shape index (κ2) is 11.6. The molecular formula is C26H39N5O4. The van der Waals surface area contributed by atoms with E-state index in [9.17, 15) is 14.4 Å². The topological polar surface area (TPSA) is 94.2 Å². The molecule has 0 spiro atoms. The summed E-state index contributed by atoms with van der Waals surface area (Å²) in [5, 5.41) is 5.92. The van der Waals surface area contributed by atoms with Crippen molar-refractivity contribution in [3.8, 4) is 0 Å². The Morgan fingerprint density at radius 1 is 1.17 bits per heavy atom. The number of hydrogen-bond acceptors (Lipinski definition) is 5. The number of likely N-dealkylation sites (N-methyl/N-ethyl adjacent to an activating group) is 1. The molecule has 0 unspecified atom stereocenters. The van der Waals surface area contributed by atoms with Crippen LogP contribution >= 0.6 is 0 Å². The van der Waals surface area contributed by atoms with Gasteiger partial charge in [0, 0.05) is 51.0 Å². The van der Waals surface area contributed by atoms with Crippen molar-refractivity contribution in [3.05, 3.63) is 46.2 Å². The van der Waals surface area contributed by atoms with Crippen LogP contribution in [-0.2, 0) is 9.53 Å². The van der Waals surface area contributed by atoms with Gasteiger partial charge >= 0.3 is 18.0 Å². The van der Waals surface area contributed by atoms with Crippen LogP contribution in [0.4, 0.5) is 9.59 Å². The highest BCUT2D eigenvalue weighted by Crippen LogP contribution is 2.34. The maximum absolute atomic E-state index is 13.3. The lowest BCUT2D eigenvalue weighted by molar-refractivity contribution is -0.139. The summed E-state index contributed by atoms with van der Waals surface area (Å²) in [5.41, 5.74) is 4.08. The van der Waals surface area contributed by atoms with Gasteiger partial charge in [0.1, 0.15) is 0 Å². The van der Waals surface area contributed by atoms with E-state index in [1.54, 1.807) is 11.8 Å². The number of piperazine rings is 1. The number of ether oxygens (including phenoxy) is 1. The van der Waals surface area contributed by atoms with Gasteiger partial charge in [-0.05, 0) is 52.7 Å². The van der Waals surface area contributed by atoms with Crippen LogP contribution < -0.4 is 10.6 Å². The Morgan fingerprint density at radius 3 is 2.54 bits per heavy atom. The number of aryl methyl sites for hydroxylation is 2. The lowest BCUT2D eigenvalue weighted by Gasteiger charge is -2.43. The highest BCUT2D eigenvalue weighted by Gasteiger charge is 2.39. The molecule has 0 radical (unpaired) electrons. The van der Waals surface area contributed by atoms with E-state index in [1.807, 2.05) is 57.7 Å². The Kier molecular flexibility index (Phi) is 8.77. The largest absolute Gasteiger partial charge is 0.463 e. The summed E-state index contributed by atoms with van der Waals surface area (Å²) in [6.07, 6.45) is 0. The van der Waals surface area contributed by atoms with Gasteiger partial charge in [0.05, 0.1) is 18.2 Å². The maximum Gasteiger partial charge on any atom is 0.338 e. The van der Waals surface area contributed by atoms with Gasteiger partial charge in [-0.15, -0.1) is 0 Å². The third-order valence-electron chi connectivity index (χ3n) is 6.67. The van der Waals surface area contributed by atoms with Crippen LogP contribution in [0.2, 0.25) is 0 Å². The summed E-state index contributed by atoms with van der Waals surface area (Å²) >= 11 is 0. The summed E-state index contributed by atoms with van der Waals surface area (Å²) in [5.74, 6) is -0.416. The van der Waals surface area contributed by atoms with Crippen molar-refractivity contribution in [2.45, 2.75) is 53.6 Å². The molecule has 1 aromatic carbocycles. The minimum atomic E-state index is -0.590. The first-order chi connectivity index (χ1) is 16.7. The minimum absolute atomic E-state index is 0.00394. The Morgan fingerprint density at radius 2 is 1.91 bits per heavy atom. The van der Waals surface area contributed by atoms with Gasteiger partial charge in [-0.1, -0.05) is 23.8 Å². The molecule has 2 heterocycles. The van der Waals surface area contributed by atoms with Gasteiger partial charge in [-0.3, -0.25) is 9.80 Å². The van der Waals surface area contributed by atoms with Crippen molar-refractivity contribution < 1.29 is 19.1 Å². The van der Waals surface area contributed by atoms with Crippen LogP contribution in [0.1, 0.15) is 50.4 Å². The molecule has 2 aliphatic rings. The number of rotatable bonds is 7. The Hall–Kier alpha value is -3.07. The van der Waals surface area contributed by atoms with E-state index < -0.39 is 12.0 Å². The van der Waals surface area contributed by atoms with Gasteiger partial charge in [-0.2, -0.15) is 0 Å². The van der Waals surface area contributed by atoms with Crippen molar-refractivity contribution in [2.75, 3.05) is 45.9 Å². The highest BCUT2D eigenvalue weighted by molar-refractivity contribution is 5.95. The van der Waals surface area contributed by atoms with Crippen LogP contribution in [0.15, 0.2) is 29.5 Å². The molecule has 1 saturated heterocycles. The van der Waals surface area contributed by atoms with Crippen molar-refractivity contribution >= 4 is 18.0 Å². The Labute approximate surface area is 208 Å². The van der Waals surface area contributed by atoms with E-state index in [4.69, 9.17) is 4.74 Å². The number of hydrogen-bond donors (Lipinski definition) is 2. The van der Waals surface area contributed by atoms with E-state index in [0.29, 0.717) is 50.5 Å². The smallest absolute Gasteiger partial charge is 0.338 e. The number of urea groups is 2. The molecule has 1 aromatic rings. The Balaban J connectivity index is 2.00. The standard InChI is InChI=1S/C26H39N5O4/c1-7-27-25(33)31-13-12-29(15-19(31)6)16-21-22(24(32)35-9-3)23(28-26(34)30(21)8-2)20-14-17(4)10-11-18(20)5/h10-11,14,19,23H,7-9,12-13,15-16H2,1-6H3,(H,27,33)(H,28,34)/t19-,23+/m1/s1. The van der Waals surface area contributed by atoms with Gasteiger partial charge in [0.25, 0.3) is 0 Å². The molecule has 35 heavy (non-hydrogen) atoms. The molecule has 0 saturated carbocycles. The molecule has 2 aliphatic heterocycles. The number of amides is 4. The van der Waals surface area contributed by atoms with Crippen LogP contribution in [0.3, 0.4) is 0 Å². The lowest BCUT2D eigenvalue weighted by Crippen LogP contribution is -2.58. The SMILES string of the molecule is CCNC(=O)N1CCN(CC2=C(C(=O)OCC)[C@H](c3cc(C)ccc3C)NC(=O)N2CC)C[C@H]1C. The summed E-state index contributed by atoms with van der Waals surface area (Å²) in [7, 11) is 0. The average molecular weight is 486 g/mol. The van der Waals surface area contributed by atoms with Crippen LogP contribution in [0.25, 0.3) is 0 Å². The molecule has 0 aliphatic carbocycles. The first-order valence-electron chi connectivity index (χ1n) is 12.5. The van der Waals surface area contributed by atoms with Crippen LogP contribution in [-0.4, -0.2) is 84.6 Å². The summed E-state index contributed by atoms with van der Waals surface area (Å²) < 4.78 is 5.49. The number of carbonyl (C=O) groups excluding carboxylic acids is 3. The fourth-order valence-electron chi connectivity index (χ4n) is 4.90. The third-order valence-corrected chi connectivity index (χ3v) is 6.67. The molecule has 2 N–H and O–H groups in total. The molecule has 9 nitrogen and oxygen atoms in total. The number of nitrogens with one attached hydrogen (secondary N) is 2. The van der Waals surface area contributed by atoms with Gasteiger partial charge in [-0.25, -0.2) is 14.4 Å². The molecule has 0 aromatic heterocycles. The maximum atomic E-state index is 13.3. The first-order valence-corrected chi connectivity index (χ1v) is 12.5. The first kappa shape index (κ1) is 26.5. The molecule has 0 bridgehead atoms. The number of carbonyl (C=O) groups is 3. The third kappa shape index (κ3) is 5.78. The summed E-state index contributed by atoms with van der Waals surface area (Å²) in [4.78, 5) is 44.6. The molecule has 2 atom stereocenters. The zero-order valence-corrected chi connectivity index (χ0v) is 21.8. The lowest BCUT2D eigenvalue weighted by atomic mass is 9.90. The molecule has 192 valence electrons. The zero-order valence-electron chi connectivity index (χ0n) is 21.8. The molecule has 1 fully saturated rings. The van der Waals surface area contributed by atoms with Crippen molar-refractivity contribution in [1.82, 2.24) is 25.3 Å². The number of benzene rings is 1. The quantitative estimate of drug-likeness (QED) is 0.579. The van der Waals surface area contributed by atoms with Gasteiger partial charge < -0.3 is 20.3 Å². The van der Waals surface area contributed by atoms with E-state index in [-0.39, 0.29) is 24.7 Å². The van der Waals surface area contributed by atoms with E-state index in [1.165, 1.54) is 0 Å². The Bertz CT molecular complexity index is 992. The summed E-state index contributed by atoms with van der Waals surface area (Å²) in [6, 6.07) is 5.17. The van der Waals surface area contributed by atoms with Crippen molar-refractivity contribution in [3.63, 3.8) is 0 Å². The van der Waals surface area contributed by atoms with E-state index >= 15 is 0 Å². The van der Waals surface area contributed by atoms with Gasteiger partial charge in [0.15, 0.2) is 0 Å². The normalized spacial score (nSPS) is 21.1. The second-order valence-electron chi connectivity index (χ2n) is 9.18. The minimum Gasteiger partial charge on any atom is -0.463 e. The number of nitrogens with zero attached hydrogens (tertiary/aromatic N) is 3. The highest BCUT2D eigenvalue weighted by atomic mass is 16.5. The van der Waals surface area contributed by atoms with Crippen molar-refractivity contribution in [2.24, 2.45) is 0 Å². The fourth-order valence-corrected chi connectivity index (χ4v) is 4.90. The number of esters is 1. The predicted molar refractivity (Wildman–Crippen MR) is 135 cm³/mol. The summed E-state index contributed by atoms with van der Waals surface area (Å²) in [6.45, 7) is 15.1. The van der Waals surface area contributed by atoms with Crippen molar-refractivity contribution in [1.29, 1.82) is 0 Å². The molecule has 9 heteroatoms. The van der Waals surface area contributed by atoms with E-state index in [2.05, 4.69) is 15.5 Å². The molecule has 3 rings (SSSR count). The zero-order chi connectivity index (χ0) is 25.7. The molecule has 4 amide bonds. The second-order valence-corrected chi connectivity index (χ2v) is 9.18. The monoisotopic (exact) mass is 485 g/mol. The van der Waals surface area contributed by atoms with Gasteiger partial charge in [0.2, 0.25) is 0 Å². The van der Waals surface area contributed by atoms with Crippen LogP contribution in [0.5, 0.6) is 0 Å².